The van der Waals surface area contributed by atoms with Gasteiger partial charge in [-0.1, -0.05) is 17.0 Å². The molecular weight excluding hydrogens is 204 g/mol. The first-order chi connectivity index (χ1) is 7.88. The molecule has 0 atom stereocenters. The Morgan fingerprint density at radius 3 is 3.00 bits per heavy atom. The minimum absolute atomic E-state index is 0.456. The van der Waals surface area contributed by atoms with Crippen molar-refractivity contribution in [1.82, 2.24) is 4.98 Å². The fourth-order valence-corrected chi connectivity index (χ4v) is 1.12. The van der Waals surface area contributed by atoms with Crippen molar-refractivity contribution in [2.45, 2.75) is 0 Å². The van der Waals surface area contributed by atoms with Gasteiger partial charge in [-0.25, -0.2) is 0 Å². The molecule has 2 aromatic rings. The van der Waals surface area contributed by atoms with Crippen molar-refractivity contribution in [2.75, 3.05) is 0 Å². The molecule has 0 aliphatic carbocycles. The van der Waals surface area contributed by atoms with Gasteiger partial charge in [0, 0.05) is 24.0 Å². The van der Waals surface area contributed by atoms with Crippen molar-refractivity contribution in [3.8, 4) is 11.8 Å². The number of aromatic nitrogens is 1. The lowest BCUT2D eigenvalue weighted by atomic mass is 10.2. The largest absolute Gasteiger partial charge is 0.462 e. The summed E-state index contributed by atoms with van der Waals surface area (Å²) in [4.78, 5) is 3.95. The molecule has 0 amide bonds. The molecule has 0 fully saturated rings. The molecule has 0 bridgehead atoms. The Morgan fingerprint density at radius 1 is 1.38 bits per heavy atom. The van der Waals surface area contributed by atoms with E-state index < -0.39 is 0 Å². The fourth-order valence-electron chi connectivity index (χ4n) is 1.12. The molecule has 0 aliphatic heterocycles. The van der Waals surface area contributed by atoms with Crippen LogP contribution in [0.5, 0.6) is 0 Å². The minimum atomic E-state index is 0.456. The van der Waals surface area contributed by atoms with Gasteiger partial charge in [0.2, 0.25) is 0 Å². The van der Waals surface area contributed by atoms with E-state index >= 15 is 0 Å². The van der Waals surface area contributed by atoms with E-state index in [1.807, 2.05) is 12.1 Å². The maximum atomic E-state index is 8.30. The van der Waals surface area contributed by atoms with Gasteiger partial charge in [0.15, 0.2) is 0 Å². The maximum absolute atomic E-state index is 8.30. The zero-order chi connectivity index (χ0) is 11.2. The van der Waals surface area contributed by atoms with Crippen molar-refractivity contribution in [2.24, 2.45) is 5.16 Å². The van der Waals surface area contributed by atoms with Crippen LogP contribution >= 0.6 is 0 Å². The van der Waals surface area contributed by atoms with Gasteiger partial charge in [0.25, 0.3) is 0 Å². The highest BCUT2D eigenvalue weighted by Gasteiger charge is 1.95. The lowest BCUT2D eigenvalue weighted by molar-refractivity contribution is 0.320. The Morgan fingerprint density at radius 2 is 2.25 bits per heavy atom. The number of rotatable bonds is 1. The predicted octanol–water partition coefficient (Wildman–Crippen LogP) is 1.88. The Kier molecular flexibility index (Phi) is 3.00. The molecule has 0 aromatic carbocycles. The van der Waals surface area contributed by atoms with Gasteiger partial charge in [-0.05, 0) is 12.1 Å². The third-order valence-corrected chi connectivity index (χ3v) is 1.82. The van der Waals surface area contributed by atoms with Crippen LogP contribution in [0, 0.1) is 11.8 Å². The summed E-state index contributed by atoms with van der Waals surface area (Å²) in [6.45, 7) is 0. The van der Waals surface area contributed by atoms with Crippen LogP contribution in [0.3, 0.4) is 0 Å². The summed E-state index contributed by atoms with van der Waals surface area (Å²) in [5.41, 5.74) is 1.56. The van der Waals surface area contributed by atoms with E-state index in [4.69, 9.17) is 9.62 Å². The molecule has 0 unspecified atom stereocenters. The van der Waals surface area contributed by atoms with E-state index in [9.17, 15) is 0 Å². The SMILES string of the molecule is ON=Cc1cc(C#Cc2cccnc2)co1. The van der Waals surface area contributed by atoms with Crippen LogP contribution in [0.15, 0.2) is 46.4 Å². The molecule has 0 saturated carbocycles. The molecule has 1 N–H and O–H groups in total. The lowest BCUT2D eigenvalue weighted by Gasteiger charge is -1.84. The number of oxime groups is 1. The van der Waals surface area contributed by atoms with Gasteiger partial charge in [-0.3, -0.25) is 4.98 Å². The second kappa shape index (κ2) is 4.80. The Hall–Kier alpha value is -2.54. The minimum Gasteiger partial charge on any atom is -0.462 e. The molecule has 0 radical (unpaired) electrons. The summed E-state index contributed by atoms with van der Waals surface area (Å²) in [7, 11) is 0. The van der Waals surface area contributed by atoms with Crippen LogP contribution in [-0.2, 0) is 0 Å². The molecule has 0 saturated heterocycles. The predicted molar refractivity (Wildman–Crippen MR) is 58.3 cm³/mol. The molecule has 2 rings (SSSR count). The quantitative estimate of drug-likeness (QED) is 0.340. The first kappa shape index (κ1) is 9.99. The van der Waals surface area contributed by atoms with E-state index in [2.05, 4.69) is 22.0 Å². The van der Waals surface area contributed by atoms with Crippen LogP contribution in [-0.4, -0.2) is 16.4 Å². The van der Waals surface area contributed by atoms with Crippen LogP contribution < -0.4 is 0 Å². The van der Waals surface area contributed by atoms with Gasteiger partial charge in [-0.15, -0.1) is 0 Å². The zero-order valence-corrected chi connectivity index (χ0v) is 8.29. The summed E-state index contributed by atoms with van der Waals surface area (Å²) in [6.07, 6.45) is 6.08. The standard InChI is InChI=1S/C12H8N2O2/c15-14-8-12-6-11(9-16-12)4-3-10-2-1-5-13-7-10/h1-2,5-9,15H. The molecule has 4 heteroatoms. The van der Waals surface area contributed by atoms with Crippen LogP contribution in [0.25, 0.3) is 0 Å². The van der Waals surface area contributed by atoms with Crippen LogP contribution in [0.1, 0.15) is 16.9 Å². The Labute approximate surface area is 92.2 Å². The van der Waals surface area contributed by atoms with Crippen LogP contribution in [0.2, 0.25) is 0 Å². The molecule has 2 aromatic heterocycles. The molecule has 0 spiro atoms. The third-order valence-electron chi connectivity index (χ3n) is 1.82. The van der Waals surface area contributed by atoms with Gasteiger partial charge >= 0.3 is 0 Å². The van der Waals surface area contributed by atoms with Crippen molar-refractivity contribution < 1.29 is 9.62 Å². The topological polar surface area (TPSA) is 58.6 Å². The zero-order valence-electron chi connectivity index (χ0n) is 8.29. The number of pyridine rings is 1. The summed E-state index contributed by atoms with van der Waals surface area (Å²) in [6, 6.07) is 5.38. The van der Waals surface area contributed by atoms with Crippen LogP contribution in [0.4, 0.5) is 0 Å². The van der Waals surface area contributed by atoms with E-state index in [-0.39, 0.29) is 0 Å². The van der Waals surface area contributed by atoms with Gasteiger partial charge < -0.3 is 9.62 Å². The number of nitrogens with zero attached hydrogens (tertiary/aromatic N) is 2. The van der Waals surface area contributed by atoms with Crippen molar-refractivity contribution >= 4 is 6.21 Å². The highest BCUT2D eigenvalue weighted by Crippen LogP contribution is 2.04. The first-order valence-electron chi connectivity index (χ1n) is 4.56. The van der Waals surface area contributed by atoms with Gasteiger partial charge in [0.1, 0.15) is 18.2 Å². The smallest absolute Gasteiger partial charge is 0.149 e. The Bertz CT molecular complexity index is 547. The normalized spacial score (nSPS) is 10.0. The number of hydrogen-bond donors (Lipinski definition) is 1. The summed E-state index contributed by atoms with van der Waals surface area (Å²) < 4.78 is 5.07. The third kappa shape index (κ3) is 2.49. The Balaban J connectivity index is 2.18. The monoisotopic (exact) mass is 212 g/mol. The lowest BCUT2D eigenvalue weighted by Crippen LogP contribution is -1.75. The number of furan rings is 1. The average molecular weight is 212 g/mol. The molecule has 78 valence electrons. The second-order valence-corrected chi connectivity index (χ2v) is 2.97. The summed E-state index contributed by atoms with van der Waals surface area (Å²) >= 11 is 0. The molecule has 16 heavy (non-hydrogen) atoms. The van der Waals surface area contributed by atoms with Gasteiger partial charge in [0.05, 0.1) is 5.56 Å². The fraction of sp³-hybridized carbons (Fsp3) is 0. The molecule has 2 heterocycles. The number of hydrogen-bond acceptors (Lipinski definition) is 4. The maximum Gasteiger partial charge on any atom is 0.149 e. The van der Waals surface area contributed by atoms with Crippen molar-refractivity contribution in [1.29, 1.82) is 0 Å². The average Bonchev–Trinajstić information content (AvgIpc) is 2.76. The summed E-state index contributed by atoms with van der Waals surface area (Å²) in [5, 5.41) is 11.2. The van der Waals surface area contributed by atoms with Crippen molar-refractivity contribution in [3.63, 3.8) is 0 Å². The molecule has 0 aliphatic rings. The van der Waals surface area contributed by atoms with E-state index in [0.717, 1.165) is 11.1 Å². The van der Waals surface area contributed by atoms with E-state index in [0.29, 0.717) is 5.76 Å². The van der Waals surface area contributed by atoms with E-state index in [1.54, 1.807) is 18.5 Å². The van der Waals surface area contributed by atoms with Crippen molar-refractivity contribution in [3.05, 3.63) is 53.7 Å². The first-order valence-corrected chi connectivity index (χ1v) is 4.56. The van der Waals surface area contributed by atoms with E-state index in [1.165, 1.54) is 12.5 Å². The molecular formula is C12H8N2O2. The van der Waals surface area contributed by atoms with Gasteiger partial charge in [-0.2, -0.15) is 0 Å². The highest BCUT2D eigenvalue weighted by molar-refractivity contribution is 5.75. The molecule has 4 nitrogen and oxygen atoms in total. The second-order valence-electron chi connectivity index (χ2n) is 2.97. The highest BCUT2D eigenvalue weighted by atomic mass is 16.4. The summed E-state index contributed by atoms with van der Waals surface area (Å²) in [5.74, 6) is 6.31.